The highest BCUT2D eigenvalue weighted by molar-refractivity contribution is 5.86. The molecule has 0 heterocycles. The van der Waals surface area contributed by atoms with Crippen molar-refractivity contribution in [2.75, 3.05) is 4.90 Å². The second-order valence-corrected chi connectivity index (χ2v) is 16.3. The highest BCUT2D eigenvalue weighted by atomic mass is 15.1. The van der Waals surface area contributed by atoms with Crippen molar-refractivity contribution in [2.24, 2.45) is 0 Å². The monoisotopic (exact) mass is 793 g/mol. The molecule has 0 spiro atoms. The third-order valence-corrected chi connectivity index (χ3v) is 12.6. The topological polar surface area (TPSA) is 3.24 Å². The van der Waals surface area contributed by atoms with Crippen LogP contribution in [0.1, 0.15) is 33.4 Å². The minimum absolute atomic E-state index is 0.276. The zero-order valence-corrected chi connectivity index (χ0v) is 34.8. The molecule has 0 saturated carbocycles. The summed E-state index contributed by atoms with van der Waals surface area (Å²) in [4.78, 5) is 2.35. The van der Waals surface area contributed by atoms with Gasteiger partial charge in [-0.3, -0.25) is 0 Å². The van der Waals surface area contributed by atoms with E-state index in [4.69, 9.17) is 0 Å². The normalized spacial score (nSPS) is 12.3. The first-order valence-corrected chi connectivity index (χ1v) is 21.5. The largest absolute Gasteiger partial charge is 0.311 e. The Morgan fingerprint density at radius 2 is 0.710 bits per heavy atom. The molecule has 0 fully saturated rings. The lowest BCUT2D eigenvalue weighted by Gasteiger charge is -2.33. The van der Waals surface area contributed by atoms with Crippen LogP contribution in [0.3, 0.4) is 0 Å². The van der Waals surface area contributed by atoms with Gasteiger partial charge in [0.25, 0.3) is 0 Å². The highest BCUT2D eigenvalue weighted by Gasteiger charge is 2.43. The van der Waals surface area contributed by atoms with Crippen molar-refractivity contribution in [2.45, 2.75) is 18.3 Å². The van der Waals surface area contributed by atoms with Gasteiger partial charge in [-0.05, 0) is 133 Å². The molecule has 1 aliphatic carbocycles. The quantitative estimate of drug-likeness (QED) is 0.119. The van der Waals surface area contributed by atoms with Gasteiger partial charge in [-0.25, -0.2) is 0 Å². The van der Waals surface area contributed by atoms with Crippen LogP contribution in [0.2, 0.25) is 0 Å². The molecule has 296 valence electrons. The van der Waals surface area contributed by atoms with Crippen LogP contribution < -0.4 is 4.90 Å². The average molecular weight is 794 g/mol. The number of rotatable bonds is 12. The maximum absolute atomic E-state index is 4.01. The minimum atomic E-state index is -0.276. The molecule has 1 aliphatic rings. The first-order chi connectivity index (χ1) is 30.6. The maximum atomic E-state index is 4.01. The van der Waals surface area contributed by atoms with Gasteiger partial charge in [0.2, 0.25) is 0 Å². The zero-order valence-electron chi connectivity index (χ0n) is 34.8. The Hall–Kier alpha value is -7.74. The van der Waals surface area contributed by atoms with Crippen molar-refractivity contribution < 1.29 is 0 Å². The average Bonchev–Trinajstić information content (AvgIpc) is 3.61. The van der Waals surface area contributed by atoms with Crippen LogP contribution in [0.4, 0.5) is 17.1 Å². The van der Waals surface area contributed by atoms with Gasteiger partial charge in [0, 0.05) is 22.5 Å². The lowest BCUT2D eigenvalue weighted by molar-refractivity contribution is 0.520. The van der Waals surface area contributed by atoms with E-state index in [1.165, 1.54) is 66.8 Å². The summed E-state index contributed by atoms with van der Waals surface area (Å²) >= 11 is 0. The standard InChI is InChI=1S/C61H47N/c1-3-44-19-23-46(24-20-44)42-61(43-47-25-21-45(4-2)22-26-47)59-18-12-11-17-57(59)58-40-33-53(41-60(58)61)52-31-38-56(39-32-52)62(54-34-27-50(28-35-54)48-13-7-5-8-14-48)55-36-29-51(30-37-55)49-15-9-6-10-16-49/h3-41H,1-2,42-43H2. The van der Waals surface area contributed by atoms with E-state index in [2.05, 4.69) is 243 Å². The van der Waals surface area contributed by atoms with Crippen LogP contribution >= 0.6 is 0 Å². The number of anilines is 3. The Bertz CT molecular complexity index is 2840. The first kappa shape index (κ1) is 38.5. The van der Waals surface area contributed by atoms with Crippen LogP contribution in [0.15, 0.2) is 238 Å². The zero-order chi connectivity index (χ0) is 41.9. The van der Waals surface area contributed by atoms with E-state index in [1.54, 1.807) is 0 Å². The summed E-state index contributed by atoms with van der Waals surface area (Å²) < 4.78 is 0. The molecular formula is C61H47N. The molecule has 10 rings (SSSR count). The summed E-state index contributed by atoms with van der Waals surface area (Å²) in [5, 5.41) is 0. The molecule has 0 saturated heterocycles. The van der Waals surface area contributed by atoms with Crippen molar-refractivity contribution in [1.82, 2.24) is 0 Å². The second-order valence-electron chi connectivity index (χ2n) is 16.3. The minimum Gasteiger partial charge on any atom is -0.311 e. The second kappa shape index (κ2) is 16.7. The molecule has 9 aromatic carbocycles. The molecule has 9 aromatic rings. The fourth-order valence-electron chi connectivity index (χ4n) is 9.44. The Morgan fingerprint density at radius 3 is 1.16 bits per heavy atom. The molecule has 0 radical (unpaired) electrons. The van der Waals surface area contributed by atoms with Crippen LogP contribution in [0, 0.1) is 0 Å². The lowest BCUT2D eigenvalue weighted by atomic mass is 9.69. The molecule has 0 N–H and O–H groups in total. The molecule has 1 heteroatoms. The van der Waals surface area contributed by atoms with Gasteiger partial charge in [0.05, 0.1) is 0 Å². The molecule has 62 heavy (non-hydrogen) atoms. The van der Waals surface area contributed by atoms with Crippen molar-refractivity contribution in [1.29, 1.82) is 0 Å². The fourth-order valence-corrected chi connectivity index (χ4v) is 9.44. The Kier molecular flexibility index (Phi) is 10.4. The number of nitrogens with zero attached hydrogens (tertiary/aromatic N) is 1. The van der Waals surface area contributed by atoms with Gasteiger partial charge in [-0.2, -0.15) is 0 Å². The van der Waals surface area contributed by atoms with Gasteiger partial charge < -0.3 is 4.90 Å². The highest BCUT2D eigenvalue weighted by Crippen LogP contribution is 2.53. The van der Waals surface area contributed by atoms with Gasteiger partial charge in [0.1, 0.15) is 0 Å². The SMILES string of the molecule is C=Cc1ccc(CC2(Cc3ccc(C=C)cc3)c3ccccc3-c3ccc(-c4ccc(N(c5ccc(-c6ccccc6)cc5)c5ccc(-c6ccccc6)cc5)cc4)cc32)cc1. The summed E-state index contributed by atoms with van der Waals surface area (Å²) in [6, 6.07) is 82.1. The van der Waals surface area contributed by atoms with Gasteiger partial charge in [-0.15, -0.1) is 0 Å². The van der Waals surface area contributed by atoms with Gasteiger partial charge >= 0.3 is 0 Å². The van der Waals surface area contributed by atoms with E-state index in [-0.39, 0.29) is 5.41 Å². The summed E-state index contributed by atoms with van der Waals surface area (Å²) in [6.07, 6.45) is 5.59. The molecule has 0 unspecified atom stereocenters. The van der Waals surface area contributed by atoms with Crippen LogP contribution in [-0.4, -0.2) is 0 Å². The fraction of sp³-hybridized carbons (Fsp3) is 0.0492. The maximum Gasteiger partial charge on any atom is 0.0462 e. The van der Waals surface area contributed by atoms with E-state index >= 15 is 0 Å². The molecule has 1 nitrogen and oxygen atoms in total. The predicted octanol–water partition coefficient (Wildman–Crippen LogP) is 16.2. The summed E-state index contributed by atoms with van der Waals surface area (Å²) in [6.45, 7) is 8.02. The third-order valence-electron chi connectivity index (χ3n) is 12.6. The Morgan fingerprint density at radius 1 is 0.339 bits per heavy atom. The molecule has 0 aromatic heterocycles. The first-order valence-electron chi connectivity index (χ1n) is 21.5. The summed E-state index contributed by atoms with van der Waals surface area (Å²) in [7, 11) is 0. The predicted molar refractivity (Wildman–Crippen MR) is 264 cm³/mol. The Labute approximate surface area is 366 Å². The molecular weight excluding hydrogens is 747 g/mol. The van der Waals surface area contributed by atoms with E-state index in [0.29, 0.717) is 0 Å². The number of hydrogen-bond acceptors (Lipinski definition) is 1. The van der Waals surface area contributed by atoms with E-state index in [1.807, 2.05) is 12.2 Å². The number of benzene rings is 9. The number of fused-ring (bicyclic) bond motifs is 3. The molecule has 0 atom stereocenters. The third kappa shape index (κ3) is 7.40. The van der Waals surface area contributed by atoms with E-state index in [0.717, 1.165) is 41.0 Å². The van der Waals surface area contributed by atoms with Crippen molar-refractivity contribution in [3.63, 3.8) is 0 Å². The smallest absolute Gasteiger partial charge is 0.0462 e. The summed E-state index contributed by atoms with van der Waals surface area (Å²) in [5.41, 5.74) is 20.5. The van der Waals surface area contributed by atoms with Crippen LogP contribution in [-0.2, 0) is 18.3 Å². The summed E-state index contributed by atoms with van der Waals surface area (Å²) in [5.74, 6) is 0. The molecule has 0 aliphatic heterocycles. The van der Waals surface area contributed by atoms with Crippen molar-refractivity contribution >= 4 is 29.2 Å². The van der Waals surface area contributed by atoms with E-state index < -0.39 is 0 Å². The van der Waals surface area contributed by atoms with E-state index in [9.17, 15) is 0 Å². The van der Waals surface area contributed by atoms with Crippen LogP contribution in [0.25, 0.3) is 56.7 Å². The molecule has 0 bridgehead atoms. The Balaban J connectivity index is 1.05. The molecule has 0 amide bonds. The number of hydrogen-bond donors (Lipinski definition) is 0. The van der Waals surface area contributed by atoms with Gasteiger partial charge in [0.15, 0.2) is 0 Å². The van der Waals surface area contributed by atoms with Crippen LogP contribution in [0.5, 0.6) is 0 Å². The van der Waals surface area contributed by atoms with Gasteiger partial charge in [-0.1, -0.05) is 207 Å². The van der Waals surface area contributed by atoms with Crippen molar-refractivity contribution in [3.8, 4) is 44.5 Å². The van der Waals surface area contributed by atoms with Crippen molar-refractivity contribution in [3.05, 3.63) is 271 Å². The lowest BCUT2D eigenvalue weighted by Crippen LogP contribution is -2.31.